The van der Waals surface area contributed by atoms with E-state index in [9.17, 15) is 9.18 Å². The zero-order valence-electron chi connectivity index (χ0n) is 14.0. The van der Waals surface area contributed by atoms with Gasteiger partial charge in [0.15, 0.2) is 5.78 Å². The molecule has 0 saturated carbocycles. The first-order valence-electron chi connectivity index (χ1n) is 8.35. The highest BCUT2D eigenvalue weighted by Crippen LogP contribution is 2.34. The molecule has 1 atom stereocenters. The van der Waals surface area contributed by atoms with Crippen molar-refractivity contribution in [2.75, 3.05) is 0 Å². The van der Waals surface area contributed by atoms with Crippen LogP contribution in [0.5, 0.6) is 5.75 Å². The molecular weight excluding hydrogens is 351 g/mol. The standard InChI is InChI=1S/C22H17FO2.ClH/c23-18-10-5-16(6-11-18)22(24)17-7-12-19(13-8-17)25-21-14-9-15-3-1-2-4-20(15)21;/h1-8,10-13,21H,9,14H2;1H. The predicted molar refractivity (Wildman–Crippen MR) is 102 cm³/mol. The third-order valence-corrected chi connectivity index (χ3v) is 4.58. The van der Waals surface area contributed by atoms with Crippen molar-refractivity contribution in [3.63, 3.8) is 0 Å². The van der Waals surface area contributed by atoms with Gasteiger partial charge < -0.3 is 4.74 Å². The van der Waals surface area contributed by atoms with Crippen LogP contribution in [-0.2, 0) is 6.42 Å². The average molecular weight is 369 g/mol. The minimum atomic E-state index is -0.350. The van der Waals surface area contributed by atoms with Gasteiger partial charge in [0.2, 0.25) is 0 Å². The number of carbonyl (C=O) groups is 1. The fraction of sp³-hybridized carbons (Fsp3) is 0.136. The molecule has 4 rings (SSSR count). The minimum absolute atomic E-state index is 0. The highest BCUT2D eigenvalue weighted by molar-refractivity contribution is 6.08. The molecule has 3 aromatic rings. The zero-order valence-corrected chi connectivity index (χ0v) is 14.8. The molecular formula is C22H18ClFO2. The molecule has 4 heteroatoms. The van der Waals surface area contributed by atoms with Crippen LogP contribution in [0.15, 0.2) is 72.8 Å². The number of benzene rings is 3. The Labute approximate surface area is 158 Å². The summed E-state index contributed by atoms with van der Waals surface area (Å²) in [5.41, 5.74) is 3.62. The molecule has 1 aliphatic rings. The first-order valence-corrected chi connectivity index (χ1v) is 8.35. The smallest absolute Gasteiger partial charge is 0.193 e. The lowest BCUT2D eigenvalue weighted by atomic mass is 10.0. The van der Waals surface area contributed by atoms with Gasteiger partial charge in [-0.3, -0.25) is 4.79 Å². The lowest BCUT2D eigenvalue weighted by Gasteiger charge is -2.15. The first-order chi connectivity index (χ1) is 12.2. The van der Waals surface area contributed by atoms with E-state index in [2.05, 4.69) is 18.2 Å². The molecule has 1 unspecified atom stereocenters. The first kappa shape index (κ1) is 18.2. The van der Waals surface area contributed by atoms with Crippen molar-refractivity contribution in [1.29, 1.82) is 0 Å². The van der Waals surface area contributed by atoms with Crippen molar-refractivity contribution in [2.45, 2.75) is 18.9 Å². The van der Waals surface area contributed by atoms with Crippen molar-refractivity contribution >= 4 is 18.2 Å². The van der Waals surface area contributed by atoms with Crippen LogP contribution in [0.25, 0.3) is 0 Å². The van der Waals surface area contributed by atoms with E-state index in [4.69, 9.17) is 4.74 Å². The van der Waals surface area contributed by atoms with Gasteiger partial charge in [0.05, 0.1) is 0 Å². The van der Waals surface area contributed by atoms with E-state index in [1.54, 1.807) is 12.1 Å². The highest BCUT2D eigenvalue weighted by atomic mass is 35.5. The predicted octanol–water partition coefficient (Wildman–Crippen LogP) is 5.54. The summed E-state index contributed by atoms with van der Waals surface area (Å²) in [7, 11) is 0. The second-order valence-electron chi connectivity index (χ2n) is 6.20. The number of halogens is 2. The van der Waals surface area contributed by atoms with Gasteiger partial charge in [-0.15, -0.1) is 12.4 Å². The van der Waals surface area contributed by atoms with E-state index in [0.717, 1.165) is 18.6 Å². The van der Waals surface area contributed by atoms with Crippen LogP contribution in [0.3, 0.4) is 0 Å². The maximum Gasteiger partial charge on any atom is 0.193 e. The normalized spacial score (nSPS) is 15.0. The quantitative estimate of drug-likeness (QED) is 0.565. The van der Waals surface area contributed by atoms with Gasteiger partial charge in [0.1, 0.15) is 17.7 Å². The summed E-state index contributed by atoms with van der Waals surface area (Å²) < 4.78 is 19.1. The molecule has 0 aromatic heterocycles. The number of carbonyl (C=O) groups excluding carboxylic acids is 1. The summed E-state index contributed by atoms with van der Waals surface area (Å²) in [4.78, 5) is 12.4. The van der Waals surface area contributed by atoms with Crippen molar-refractivity contribution < 1.29 is 13.9 Å². The molecule has 0 fully saturated rings. The summed E-state index contributed by atoms with van der Waals surface area (Å²) in [6.45, 7) is 0. The highest BCUT2D eigenvalue weighted by Gasteiger charge is 2.23. The third kappa shape index (κ3) is 3.63. The van der Waals surface area contributed by atoms with E-state index >= 15 is 0 Å². The second kappa shape index (κ2) is 7.71. The van der Waals surface area contributed by atoms with E-state index in [-0.39, 0.29) is 30.1 Å². The van der Waals surface area contributed by atoms with Crippen LogP contribution in [0.1, 0.15) is 39.6 Å². The van der Waals surface area contributed by atoms with Gasteiger partial charge in [0.25, 0.3) is 0 Å². The molecule has 1 aliphatic carbocycles. The molecule has 0 saturated heterocycles. The maximum absolute atomic E-state index is 13.0. The van der Waals surface area contributed by atoms with E-state index in [0.29, 0.717) is 11.1 Å². The Morgan fingerprint density at radius 2 is 1.50 bits per heavy atom. The van der Waals surface area contributed by atoms with Crippen LogP contribution in [0, 0.1) is 5.82 Å². The van der Waals surface area contributed by atoms with Gasteiger partial charge in [-0.25, -0.2) is 4.39 Å². The number of rotatable bonds is 4. The molecule has 0 amide bonds. The average Bonchev–Trinajstić information content (AvgIpc) is 3.06. The lowest BCUT2D eigenvalue weighted by molar-refractivity contribution is 0.103. The summed E-state index contributed by atoms with van der Waals surface area (Å²) in [5.74, 6) is 0.271. The molecule has 0 heterocycles. The van der Waals surface area contributed by atoms with Crippen molar-refractivity contribution in [2.24, 2.45) is 0 Å². The van der Waals surface area contributed by atoms with Gasteiger partial charge in [-0.1, -0.05) is 24.3 Å². The van der Waals surface area contributed by atoms with Gasteiger partial charge >= 0.3 is 0 Å². The minimum Gasteiger partial charge on any atom is -0.486 e. The van der Waals surface area contributed by atoms with Crippen LogP contribution in [0.4, 0.5) is 4.39 Å². The number of fused-ring (bicyclic) bond motifs is 1. The van der Waals surface area contributed by atoms with Crippen LogP contribution in [-0.4, -0.2) is 5.78 Å². The Hall–Kier alpha value is -2.65. The zero-order chi connectivity index (χ0) is 17.2. The van der Waals surface area contributed by atoms with Crippen LogP contribution < -0.4 is 4.74 Å². The van der Waals surface area contributed by atoms with Gasteiger partial charge in [0, 0.05) is 11.1 Å². The summed E-state index contributed by atoms with van der Waals surface area (Å²) in [6, 6.07) is 21.1. The number of aryl methyl sites for hydroxylation is 1. The van der Waals surface area contributed by atoms with E-state index in [1.807, 2.05) is 18.2 Å². The molecule has 3 aromatic carbocycles. The molecule has 0 bridgehead atoms. The van der Waals surface area contributed by atoms with Crippen molar-refractivity contribution in [3.05, 3.63) is 101 Å². The number of hydrogen-bond acceptors (Lipinski definition) is 2. The molecule has 0 N–H and O–H groups in total. The molecule has 0 spiro atoms. The Morgan fingerprint density at radius 1 is 0.885 bits per heavy atom. The van der Waals surface area contributed by atoms with Gasteiger partial charge in [-0.05, 0) is 72.5 Å². The topological polar surface area (TPSA) is 26.3 Å². The number of ketones is 1. The fourth-order valence-electron chi connectivity index (χ4n) is 3.26. The summed E-state index contributed by atoms with van der Waals surface area (Å²) in [6.07, 6.45) is 2.06. The fourth-order valence-corrected chi connectivity index (χ4v) is 3.26. The Balaban J connectivity index is 0.00000196. The lowest BCUT2D eigenvalue weighted by Crippen LogP contribution is -2.04. The van der Waals surface area contributed by atoms with E-state index in [1.165, 1.54) is 35.4 Å². The molecule has 26 heavy (non-hydrogen) atoms. The third-order valence-electron chi connectivity index (χ3n) is 4.58. The maximum atomic E-state index is 13.0. The van der Waals surface area contributed by atoms with Gasteiger partial charge in [-0.2, -0.15) is 0 Å². The SMILES string of the molecule is Cl.O=C(c1ccc(F)cc1)c1ccc(OC2CCc3ccccc32)cc1. The molecule has 0 aliphatic heterocycles. The Bertz CT molecular complexity index is 904. The molecule has 132 valence electrons. The monoisotopic (exact) mass is 368 g/mol. The van der Waals surface area contributed by atoms with Crippen molar-refractivity contribution in [1.82, 2.24) is 0 Å². The van der Waals surface area contributed by atoms with Crippen LogP contribution in [0.2, 0.25) is 0 Å². The number of hydrogen-bond donors (Lipinski definition) is 0. The Morgan fingerprint density at radius 3 is 2.19 bits per heavy atom. The molecule has 2 nitrogen and oxygen atoms in total. The van der Waals surface area contributed by atoms with Crippen molar-refractivity contribution in [3.8, 4) is 5.75 Å². The van der Waals surface area contributed by atoms with E-state index < -0.39 is 0 Å². The summed E-state index contributed by atoms with van der Waals surface area (Å²) >= 11 is 0. The second-order valence-corrected chi connectivity index (χ2v) is 6.20. The molecule has 0 radical (unpaired) electrons. The summed E-state index contributed by atoms with van der Waals surface area (Å²) in [5, 5.41) is 0. The van der Waals surface area contributed by atoms with Crippen LogP contribution >= 0.6 is 12.4 Å². The largest absolute Gasteiger partial charge is 0.486 e. The number of ether oxygens (including phenoxy) is 1. The Kier molecular flexibility index (Phi) is 5.38.